The first kappa shape index (κ1) is 25.1. The lowest BCUT2D eigenvalue weighted by Crippen LogP contribution is -2.27. The van der Waals surface area contributed by atoms with Crippen molar-refractivity contribution >= 4 is 33.8 Å². The molecule has 1 aliphatic heterocycles. The second kappa shape index (κ2) is 9.87. The van der Waals surface area contributed by atoms with Crippen LogP contribution in [0.15, 0.2) is 52.6 Å². The zero-order chi connectivity index (χ0) is 27.3. The second-order valence-electron chi connectivity index (χ2n) is 9.38. The Bertz CT molecular complexity index is 1820. The van der Waals surface area contributed by atoms with E-state index >= 15 is 0 Å². The van der Waals surface area contributed by atoms with E-state index in [1.54, 1.807) is 17.0 Å². The molecule has 0 aliphatic carbocycles. The Morgan fingerprint density at radius 1 is 1.10 bits per heavy atom. The van der Waals surface area contributed by atoms with Gasteiger partial charge in [-0.05, 0) is 62.2 Å². The molecule has 3 aromatic heterocycles. The highest BCUT2D eigenvalue weighted by Crippen LogP contribution is 2.32. The van der Waals surface area contributed by atoms with Crippen LogP contribution in [0.1, 0.15) is 28.2 Å². The molecule has 1 amide bonds. The molecule has 0 spiro atoms. The summed E-state index contributed by atoms with van der Waals surface area (Å²) in [4.78, 5) is 31.8. The highest BCUT2D eigenvalue weighted by Gasteiger charge is 2.21. The highest BCUT2D eigenvalue weighted by molar-refractivity contribution is 7.15. The summed E-state index contributed by atoms with van der Waals surface area (Å²) in [5, 5.41) is 10.1. The molecule has 198 valence electrons. The van der Waals surface area contributed by atoms with E-state index in [-0.39, 0.29) is 24.7 Å². The highest BCUT2D eigenvalue weighted by atomic mass is 35.5. The number of thiazole rings is 1. The molecule has 0 bridgehead atoms. The number of hydrogen-bond acceptors (Lipinski definition) is 7. The third-order valence-electron chi connectivity index (χ3n) is 6.63. The molecule has 4 heterocycles. The number of nitrogens with one attached hydrogen (secondary N) is 1. The summed E-state index contributed by atoms with van der Waals surface area (Å²) in [6, 6.07) is 13.0. The Kier molecular flexibility index (Phi) is 6.36. The van der Waals surface area contributed by atoms with Gasteiger partial charge in [0.05, 0.1) is 23.4 Å². The van der Waals surface area contributed by atoms with Crippen molar-refractivity contribution < 1.29 is 14.3 Å². The number of amides is 1. The van der Waals surface area contributed by atoms with Gasteiger partial charge in [0.2, 0.25) is 12.7 Å². The molecular weight excluding hydrogens is 538 g/mol. The maximum atomic E-state index is 13.8. The number of aryl methyl sites for hydroxylation is 3. The van der Waals surface area contributed by atoms with Gasteiger partial charge in [-0.1, -0.05) is 23.7 Å². The molecule has 5 aromatic rings. The maximum Gasteiger partial charge on any atom is 0.268 e. The van der Waals surface area contributed by atoms with E-state index in [9.17, 15) is 9.59 Å². The molecule has 6 rings (SSSR count). The molecule has 0 unspecified atom stereocenters. The summed E-state index contributed by atoms with van der Waals surface area (Å²) in [6.07, 6.45) is 0.0316. The summed E-state index contributed by atoms with van der Waals surface area (Å²) in [5.41, 5.74) is 5.39. The van der Waals surface area contributed by atoms with Gasteiger partial charge in [-0.25, -0.2) is 9.67 Å². The second-order valence-corrected chi connectivity index (χ2v) is 10.7. The number of hydrogen-bond donors (Lipinski definition) is 1. The van der Waals surface area contributed by atoms with Crippen LogP contribution in [-0.2, 0) is 17.8 Å². The zero-order valence-electron chi connectivity index (χ0n) is 21.4. The molecule has 2 aromatic carbocycles. The van der Waals surface area contributed by atoms with Crippen LogP contribution in [0.25, 0.3) is 21.9 Å². The van der Waals surface area contributed by atoms with Crippen LogP contribution in [0.4, 0.5) is 0 Å². The fourth-order valence-corrected chi connectivity index (χ4v) is 5.75. The minimum absolute atomic E-state index is 0.0316. The summed E-state index contributed by atoms with van der Waals surface area (Å²) in [5.74, 6) is 1.14. The Hall–Kier alpha value is -4.15. The van der Waals surface area contributed by atoms with Crippen LogP contribution in [0.5, 0.6) is 11.5 Å². The Morgan fingerprint density at radius 2 is 1.92 bits per heavy atom. The van der Waals surface area contributed by atoms with Gasteiger partial charge in [0.15, 0.2) is 16.5 Å². The van der Waals surface area contributed by atoms with Gasteiger partial charge in [0, 0.05) is 28.3 Å². The quantitative estimate of drug-likeness (QED) is 0.320. The predicted molar refractivity (Wildman–Crippen MR) is 149 cm³/mol. The van der Waals surface area contributed by atoms with Gasteiger partial charge in [-0.2, -0.15) is 5.10 Å². The van der Waals surface area contributed by atoms with E-state index in [2.05, 4.69) is 10.3 Å². The third kappa shape index (κ3) is 4.66. The molecule has 0 saturated carbocycles. The minimum Gasteiger partial charge on any atom is -0.454 e. The number of fused-ring (bicyclic) bond motifs is 2. The van der Waals surface area contributed by atoms with Crippen LogP contribution >= 0.6 is 22.9 Å². The molecule has 0 atom stereocenters. The molecule has 39 heavy (non-hydrogen) atoms. The van der Waals surface area contributed by atoms with Crippen molar-refractivity contribution in [3.05, 3.63) is 91.4 Å². The van der Waals surface area contributed by atoms with E-state index in [4.69, 9.17) is 26.2 Å². The average Bonchev–Trinajstić information content (AvgIpc) is 3.63. The van der Waals surface area contributed by atoms with Crippen molar-refractivity contribution in [2.75, 3.05) is 6.79 Å². The smallest absolute Gasteiger partial charge is 0.268 e. The van der Waals surface area contributed by atoms with Gasteiger partial charge in [0.1, 0.15) is 5.69 Å². The van der Waals surface area contributed by atoms with Gasteiger partial charge >= 0.3 is 0 Å². The Balaban J connectivity index is 1.29. The van der Waals surface area contributed by atoms with Crippen LogP contribution in [-0.4, -0.2) is 31.9 Å². The lowest BCUT2D eigenvalue weighted by atomic mass is 10.1. The van der Waals surface area contributed by atoms with Crippen LogP contribution in [0.2, 0.25) is 5.02 Å². The predicted octanol–water partition coefficient (Wildman–Crippen LogP) is 4.77. The van der Waals surface area contributed by atoms with Crippen molar-refractivity contribution in [1.29, 1.82) is 0 Å². The fraction of sp³-hybridized carbons (Fsp3) is 0.214. The normalized spacial score (nSPS) is 12.3. The molecule has 0 fully saturated rings. The minimum atomic E-state index is -0.259. The zero-order valence-corrected chi connectivity index (χ0v) is 23.0. The van der Waals surface area contributed by atoms with Gasteiger partial charge in [0.25, 0.3) is 5.56 Å². The molecule has 11 heteroatoms. The third-order valence-corrected chi connectivity index (χ3v) is 7.74. The topological polar surface area (TPSA) is 99.8 Å². The lowest BCUT2D eigenvalue weighted by Gasteiger charge is -2.09. The summed E-state index contributed by atoms with van der Waals surface area (Å²) < 4.78 is 14.0. The number of benzene rings is 2. The van der Waals surface area contributed by atoms with E-state index < -0.39 is 0 Å². The lowest BCUT2D eigenvalue weighted by molar-refractivity contribution is -0.120. The van der Waals surface area contributed by atoms with Crippen LogP contribution in [0, 0.1) is 20.8 Å². The van der Waals surface area contributed by atoms with E-state index in [0.29, 0.717) is 50.7 Å². The van der Waals surface area contributed by atoms with Crippen molar-refractivity contribution in [2.24, 2.45) is 0 Å². The standard InChI is InChI=1S/C28H24ClN5O4S/c1-15-4-6-19(29)10-22(15)34-16(2)8-21(32-34)26-17(3)31-28-33(27(26)36)20(13-39-28)11-25(35)30-12-18-5-7-23-24(9-18)38-14-37-23/h4-10,13H,11-12,14H2,1-3H3,(H,30,35). The van der Waals surface area contributed by atoms with E-state index in [1.165, 1.54) is 15.7 Å². The molecule has 1 aliphatic rings. The van der Waals surface area contributed by atoms with Crippen LogP contribution in [0.3, 0.4) is 0 Å². The van der Waals surface area contributed by atoms with Gasteiger partial charge < -0.3 is 14.8 Å². The number of ether oxygens (including phenoxy) is 2. The van der Waals surface area contributed by atoms with E-state index in [0.717, 1.165) is 22.5 Å². The first-order valence-electron chi connectivity index (χ1n) is 12.3. The number of rotatable bonds is 6. The van der Waals surface area contributed by atoms with Crippen molar-refractivity contribution in [1.82, 2.24) is 24.5 Å². The maximum absolute atomic E-state index is 13.8. The number of nitrogens with zero attached hydrogens (tertiary/aromatic N) is 4. The molecule has 0 radical (unpaired) electrons. The summed E-state index contributed by atoms with van der Waals surface area (Å²) in [7, 11) is 0. The SMILES string of the molecule is Cc1ccc(Cl)cc1-n1nc(-c2c(C)nc3scc(CC(=O)NCc4ccc5c(c4)OCO5)n3c2=O)cc1C. The Labute approximate surface area is 232 Å². The van der Waals surface area contributed by atoms with Crippen molar-refractivity contribution in [3.8, 4) is 28.4 Å². The molecule has 1 N–H and O–H groups in total. The van der Waals surface area contributed by atoms with Crippen LogP contribution < -0.4 is 20.3 Å². The molecule has 9 nitrogen and oxygen atoms in total. The number of carbonyl (C=O) groups is 1. The van der Waals surface area contributed by atoms with Gasteiger partial charge in [-0.3, -0.25) is 14.0 Å². The van der Waals surface area contributed by atoms with Crippen molar-refractivity contribution in [2.45, 2.75) is 33.7 Å². The number of aromatic nitrogens is 4. The average molecular weight is 562 g/mol. The molecular formula is C28H24ClN5O4S. The number of halogens is 1. The fourth-order valence-electron chi connectivity index (χ4n) is 4.65. The largest absolute Gasteiger partial charge is 0.454 e. The van der Waals surface area contributed by atoms with E-state index in [1.807, 2.05) is 56.3 Å². The first-order chi connectivity index (χ1) is 18.8. The molecule has 0 saturated heterocycles. The number of carbonyl (C=O) groups excluding carboxylic acids is 1. The summed E-state index contributed by atoms with van der Waals surface area (Å²) in [6.45, 7) is 6.23. The monoisotopic (exact) mass is 561 g/mol. The van der Waals surface area contributed by atoms with Gasteiger partial charge in [-0.15, -0.1) is 11.3 Å². The van der Waals surface area contributed by atoms with Crippen molar-refractivity contribution in [3.63, 3.8) is 0 Å². The first-order valence-corrected chi connectivity index (χ1v) is 13.5. The Morgan fingerprint density at radius 3 is 2.77 bits per heavy atom. The summed E-state index contributed by atoms with van der Waals surface area (Å²) >= 11 is 7.56.